The van der Waals surface area contributed by atoms with Crippen molar-refractivity contribution in [3.63, 3.8) is 0 Å². The molecular formula is C19H13N7O2. The van der Waals surface area contributed by atoms with E-state index in [1.54, 1.807) is 18.2 Å². The maximum Gasteiger partial charge on any atom is 0.224 e. The van der Waals surface area contributed by atoms with Crippen molar-refractivity contribution >= 4 is 34.4 Å². The van der Waals surface area contributed by atoms with E-state index in [1.807, 2.05) is 37.3 Å². The number of aromatic nitrogens is 5. The molecule has 0 spiro atoms. The molecule has 0 aliphatic carbocycles. The number of hydrogen-bond donors (Lipinski definition) is 1. The van der Waals surface area contributed by atoms with E-state index in [1.165, 1.54) is 4.63 Å². The van der Waals surface area contributed by atoms with E-state index >= 15 is 0 Å². The number of H-pyrrole nitrogens is 1. The van der Waals surface area contributed by atoms with Crippen LogP contribution in [0.3, 0.4) is 0 Å². The van der Waals surface area contributed by atoms with Crippen LogP contribution in [-0.2, 0) is 0 Å². The first kappa shape index (κ1) is 16.1. The van der Waals surface area contributed by atoms with Gasteiger partial charge in [-0.1, -0.05) is 35.5 Å². The smallest absolute Gasteiger partial charge is 0.224 e. The maximum atomic E-state index is 11.0. The number of carbonyl (C=O) groups is 1. The van der Waals surface area contributed by atoms with Crippen LogP contribution in [0.25, 0.3) is 28.0 Å². The highest BCUT2D eigenvalue weighted by Crippen LogP contribution is 2.30. The van der Waals surface area contributed by atoms with E-state index in [2.05, 4.69) is 30.6 Å². The molecule has 0 saturated carbocycles. The number of nitrogens with one attached hydrogen (secondary N) is 1. The standard InChI is InChI=1S/C19H13N7O2/c1-11-16(21-22-18-14-7-2-3-8-15(14)28-25-18)19-20-17(24-26(19)23-11)13-6-4-5-12(9-13)10-27/h2-10H,1H3,(H,20,24). The second-order valence-electron chi connectivity index (χ2n) is 6.19. The van der Waals surface area contributed by atoms with Crippen molar-refractivity contribution in [1.82, 2.24) is 25.0 Å². The molecule has 0 radical (unpaired) electrons. The van der Waals surface area contributed by atoms with Crippen molar-refractivity contribution in [1.29, 1.82) is 0 Å². The second kappa shape index (κ2) is 6.23. The van der Waals surface area contributed by atoms with Crippen molar-refractivity contribution in [3.05, 3.63) is 59.8 Å². The summed E-state index contributed by atoms with van der Waals surface area (Å²) in [4.78, 5) is 14.2. The highest BCUT2D eigenvalue weighted by molar-refractivity contribution is 5.86. The molecule has 0 unspecified atom stereocenters. The van der Waals surface area contributed by atoms with Gasteiger partial charge in [0.1, 0.15) is 6.29 Å². The second-order valence-corrected chi connectivity index (χ2v) is 6.19. The van der Waals surface area contributed by atoms with Crippen LogP contribution in [0, 0.1) is 6.92 Å². The fourth-order valence-corrected chi connectivity index (χ4v) is 2.97. The van der Waals surface area contributed by atoms with Gasteiger partial charge < -0.3 is 9.51 Å². The normalized spacial score (nSPS) is 11.8. The Balaban J connectivity index is 1.56. The molecule has 28 heavy (non-hydrogen) atoms. The molecule has 0 aliphatic heterocycles. The fraction of sp³-hybridized carbons (Fsp3) is 0.0526. The van der Waals surface area contributed by atoms with E-state index in [0.717, 1.165) is 17.2 Å². The topological polar surface area (TPSA) is 114 Å². The molecule has 9 heteroatoms. The molecule has 0 amide bonds. The first-order valence-corrected chi connectivity index (χ1v) is 8.50. The highest BCUT2D eigenvalue weighted by Gasteiger charge is 2.15. The van der Waals surface area contributed by atoms with Gasteiger partial charge in [-0.25, -0.2) is 0 Å². The summed E-state index contributed by atoms with van der Waals surface area (Å²) in [6, 6.07) is 14.6. The van der Waals surface area contributed by atoms with Crippen LogP contribution in [-0.4, -0.2) is 31.3 Å². The minimum Gasteiger partial charge on any atom is -0.354 e. The first-order chi connectivity index (χ1) is 13.7. The summed E-state index contributed by atoms with van der Waals surface area (Å²) in [5, 5.41) is 22.1. The molecule has 2 aromatic carbocycles. The van der Waals surface area contributed by atoms with Crippen LogP contribution in [0.4, 0.5) is 11.5 Å². The molecular weight excluding hydrogens is 358 g/mol. The minimum absolute atomic E-state index is 0.396. The average molecular weight is 371 g/mol. The summed E-state index contributed by atoms with van der Waals surface area (Å²) in [6.07, 6.45) is 0.795. The molecule has 3 aromatic heterocycles. The Labute approximate surface area is 157 Å². The third-order valence-electron chi connectivity index (χ3n) is 4.34. The lowest BCUT2D eigenvalue weighted by Crippen LogP contribution is -1.89. The van der Waals surface area contributed by atoms with E-state index in [0.29, 0.717) is 39.8 Å². The summed E-state index contributed by atoms with van der Waals surface area (Å²) >= 11 is 0. The number of hydrogen-bond acceptors (Lipinski definition) is 7. The number of aromatic amines is 1. The van der Waals surface area contributed by atoms with Gasteiger partial charge in [-0.2, -0.15) is 5.10 Å². The summed E-state index contributed by atoms with van der Waals surface area (Å²) < 4.78 is 6.71. The minimum atomic E-state index is 0.396. The molecule has 3 heterocycles. The number of carbonyl (C=O) groups excluding carboxylic acids is 1. The lowest BCUT2D eigenvalue weighted by molar-refractivity contribution is 0.112. The lowest BCUT2D eigenvalue weighted by Gasteiger charge is -1.96. The van der Waals surface area contributed by atoms with Gasteiger partial charge in [0.2, 0.25) is 5.82 Å². The van der Waals surface area contributed by atoms with Gasteiger partial charge in [-0.3, -0.25) is 4.79 Å². The molecule has 9 nitrogen and oxygen atoms in total. The molecule has 0 atom stereocenters. The van der Waals surface area contributed by atoms with E-state index < -0.39 is 0 Å². The maximum absolute atomic E-state index is 11.0. The van der Waals surface area contributed by atoms with Crippen LogP contribution in [0.15, 0.2) is 63.3 Å². The quantitative estimate of drug-likeness (QED) is 0.371. The number of fused-ring (bicyclic) bond motifs is 2. The molecule has 0 aliphatic rings. The SMILES string of the molecule is Cc1nn2nc(-c3cccc(C=O)c3)[nH]c2c1N=Nc1noc2ccccc12. The van der Waals surface area contributed by atoms with E-state index in [9.17, 15) is 4.79 Å². The summed E-state index contributed by atoms with van der Waals surface area (Å²) in [7, 11) is 0. The molecule has 136 valence electrons. The molecule has 0 bridgehead atoms. The number of nitrogens with zero attached hydrogens (tertiary/aromatic N) is 6. The fourth-order valence-electron chi connectivity index (χ4n) is 2.97. The Hall–Kier alpha value is -4.14. The molecule has 0 fully saturated rings. The zero-order valence-electron chi connectivity index (χ0n) is 14.7. The number of para-hydroxylation sites is 1. The van der Waals surface area contributed by atoms with Crippen LogP contribution in [0.1, 0.15) is 16.1 Å². The Morgan fingerprint density at radius 2 is 2.00 bits per heavy atom. The Morgan fingerprint density at radius 1 is 1.11 bits per heavy atom. The average Bonchev–Trinajstić information content (AvgIpc) is 3.40. The largest absolute Gasteiger partial charge is 0.354 e. The Bertz CT molecular complexity index is 1360. The van der Waals surface area contributed by atoms with Gasteiger partial charge in [-0.05, 0) is 25.1 Å². The van der Waals surface area contributed by atoms with Gasteiger partial charge in [-0.15, -0.1) is 20.0 Å². The monoisotopic (exact) mass is 371 g/mol. The molecule has 0 saturated heterocycles. The van der Waals surface area contributed by atoms with Crippen LogP contribution >= 0.6 is 0 Å². The lowest BCUT2D eigenvalue weighted by atomic mass is 10.1. The van der Waals surface area contributed by atoms with E-state index in [4.69, 9.17) is 4.52 Å². The van der Waals surface area contributed by atoms with E-state index in [-0.39, 0.29) is 0 Å². The predicted octanol–water partition coefficient (Wildman–Crippen LogP) is 4.40. The van der Waals surface area contributed by atoms with Crippen molar-refractivity contribution in [2.45, 2.75) is 6.92 Å². The number of aldehydes is 1. The van der Waals surface area contributed by atoms with Crippen molar-refractivity contribution in [2.75, 3.05) is 0 Å². The van der Waals surface area contributed by atoms with Crippen LogP contribution in [0.2, 0.25) is 0 Å². The van der Waals surface area contributed by atoms with Crippen LogP contribution in [0.5, 0.6) is 0 Å². The summed E-state index contributed by atoms with van der Waals surface area (Å²) in [5.41, 5.74) is 3.81. The third kappa shape index (κ3) is 2.57. The van der Waals surface area contributed by atoms with Crippen molar-refractivity contribution in [3.8, 4) is 11.4 Å². The summed E-state index contributed by atoms with van der Waals surface area (Å²) in [5.74, 6) is 0.974. The Morgan fingerprint density at radius 3 is 2.89 bits per heavy atom. The van der Waals surface area contributed by atoms with Gasteiger partial charge in [0.15, 0.2) is 22.7 Å². The van der Waals surface area contributed by atoms with Gasteiger partial charge >= 0.3 is 0 Å². The van der Waals surface area contributed by atoms with Gasteiger partial charge in [0.25, 0.3) is 0 Å². The number of azo groups is 1. The molecule has 5 aromatic rings. The van der Waals surface area contributed by atoms with Gasteiger partial charge in [0.05, 0.1) is 11.1 Å². The van der Waals surface area contributed by atoms with Gasteiger partial charge in [0, 0.05) is 11.1 Å². The van der Waals surface area contributed by atoms with Crippen molar-refractivity contribution < 1.29 is 9.32 Å². The zero-order valence-corrected chi connectivity index (χ0v) is 14.7. The molecule has 5 rings (SSSR count). The Kier molecular flexibility index (Phi) is 3.58. The number of rotatable bonds is 4. The molecule has 1 N–H and O–H groups in total. The van der Waals surface area contributed by atoms with Crippen LogP contribution < -0.4 is 0 Å². The number of benzene rings is 2. The predicted molar refractivity (Wildman–Crippen MR) is 101 cm³/mol. The highest BCUT2D eigenvalue weighted by atomic mass is 16.5. The summed E-state index contributed by atoms with van der Waals surface area (Å²) in [6.45, 7) is 1.82. The van der Waals surface area contributed by atoms with Crippen molar-refractivity contribution in [2.24, 2.45) is 10.2 Å². The zero-order chi connectivity index (χ0) is 19.1. The third-order valence-corrected chi connectivity index (χ3v) is 4.34. The number of aryl methyl sites for hydroxylation is 1. The first-order valence-electron chi connectivity index (χ1n) is 8.50.